The fraction of sp³-hybridized carbons (Fsp3) is 0.600. The summed E-state index contributed by atoms with van der Waals surface area (Å²) in [6.45, 7) is 10.4. The smallest absolute Gasteiger partial charge is 0.0259 e. The molecule has 0 nitrogen and oxygen atoms in total. The van der Waals surface area contributed by atoms with E-state index >= 15 is 0 Å². The molecule has 0 N–H and O–H groups in total. The molecule has 0 bridgehead atoms. The molecule has 0 aliphatic carbocycles. The molecule has 0 aromatic carbocycles. The maximum atomic E-state index is 3.95. The first kappa shape index (κ1) is 9.48. The number of allylic oxidation sites excluding steroid dienone is 3. The van der Waals surface area contributed by atoms with Crippen LogP contribution in [-0.2, 0) is 0 Å². The van der Waals surface area contributed by atoms with Crippen LogP contribution in [0.4, 0.5) is 0 Å². The molecule has 0 rings (SSSR count). The van der Waals surface area contributed by atoms with E-state index < -0.39 is 0 Å². The van der Waals surface area contributed by atoms with Crippen molar-refractivity contribution in [1.82, 2.24) is 0 Å². The lowest BCUT2D eigenvalue weighted by Gasteiger charge is -2.06. The van der Waals surface area contributed by atoms with E-state index in [2.05, 4.69) is 26.5 Å². The fourth-order valence-corrected chi connectivity index (χ4v) is 0.896. The first-order chi connectivity index (χ1) is 4.70. The van der Waals surface area contributed by atoms with Gasteiger partial charge in [0.1, 0.15) is 0 Å². The lowest BCUT2D eigenvalue weighted by Crippen LogP contribution is -1.91. The van der Waals surface area contributed by atoms with E-state index in [1.165, 1.54) is 12.0 Å². The Morgan fingerprint density at radius 2 is 2.20 bits per heavy atom. The van der Waals surface area contributed by atoms with Crippen LogP contribution in [0.2, 0.25) is 0 Å². The van der Waals surface area contributed by atoms with Gasteiger partial charge in [0.25, 0.3) is 0 Å². The molecule has 1 atom stereocenters. The molecular formula is C10H18. The third-order valence-corrected chi connectivity index (χ3v) is 1.71. The van der Waals surface area contributed by atoms with Crippen molar-refractivity contribution < 1.29 is 0 Å². The van der Waals surface area contributed by atoms with Crippen LogP contribution in [0.15, 0.2) is 24.3 Å². The first-order valence-electron chi connectivity index (χ1n) is 4.01. The van der Waals surface area contributed by atoms with Gasteiger partial charge in [-0.2, -0.15) is 0 Å². The van der Waals surface area contributed by atoms with Gasteiger partial charge >= 0.3 is 0 Å². The van der Waals surface area contributed by atoms with Crippen molar-refractivity contribution in [3.63, 3.8) is 0 Å². The van der Waals surface area contributed by atoms with E-state index in [1.54, 1.807) is 0 Å². The van der Waals surface area contributed by atoms with Crippen LogP contribution in [0.3, 0.4) is 0 Å². The molecule has 0 aliphatic heterocycles. The number of rotatable bonds is 4. The molecule has 0 aliphatic rings. The molecule has 0 radical (unpaired) electrons. The molecule has 0 saturated heterocycles. The largest absolute Gasteiger partial charge is 0.0958 e. The SMILES string of the molecule is C=C(C=CC)CC(C)CC. The van der Waals surface area contributed by atoms with E-state index in [1.807, 2.05) is 13.0 Å². The molecule has 0 fully saturated rings. The second-order valence-electron chi connectivity index (χ2n) is 2.88. The van der Waals surface area contributed by atoms with Crippen LogP contribution in [0.25, 0.3) is 0 Å². The van der Waals surface area contributed by atoms with Crippen molar-refractivity contribution in [2.24, 2.45) is 5.92 Å². The molecule has 0 aromatic heterocycles. The van der Waals surface area contributed by atoms with Crippen LogP contribution in [0.1, 0.15) is 33.6 Å². The van der Waals surface area contributed by atoms with Gasteiger partial charge in [0.05, 0.1) is 0 Å². The molecule has 0 heterocycles. The molecule has 0 aromatic rings. The predicted octanol–water partition coefficient (Wildman–Crippen LogP) is 3.55. The summed E-state index contributed by atoms with van der Waals surface area (Å²) in [5, 5.41) is 0. The predicted molar refractivity (Wildman–Crippen MR) is 48.0 cm³/mol. The Kier molecular flexibility index (Phi) is 5.00. The standard InChI is InChI=1S/C10H18/c1-5-7-10(4)8-9(3)6-2/h5,7,9H,4,6,8H2,1-3H3. The summed E-state index contributed by atoms with van der Waals surface area (Å²) in [6.07, 6.45) is 6.52. The highest BCUT2D eigenvalue weighted by Crippen LogP contribution is 2.13. The summed E-state index contributed by atoms with van der Waals surface area (Å²) in [7, 11) is 0. The van der Waals surface area contributed by atoms with Gasteiger partial charge in [0, 0.05) is 0 Å². The van der Waals surface area contributed by atoms with Crippen LogP contribution < -0.4 is 0 Å². The lowest BCUT2D eigenvalue weighted by atomic mass is 10.00. The summed E-state index contributed by atoms with van der Waals surface area (Å²) < 4.78 is 0. The zero-order chi connectivity index (χ0) is 7.98. The Morgan fingerprint density at radius 1 is 1.60 bits per heavy atom. The summed E-state index contributed by atoms with van der Waals surface area (Å²) >= 11 is 0. The van der Waals surface area contributed by atoms with Gasteiger partial charge in [-0.3, -0.25) is 0 Å². The van der Waals surface area contributed by atoms with Crippen molar-refractivity contribution in [3.8, 4) is 0 Å². The van der Waals surface area contributed by atoms with Crippen molar-refractivity contribution in [1.29, 1.82) is 0 Å². The minimum absolute atomic E-state index is 0.781. The van der Waals surface area contributed by atoms with Crippen molar-refractivity contribution >= 4 is 0 Å². The third kappa shape index (κ3) is 4.37. The van der Waals surface area contributed by atoms with Gasteiger partial charge in [-0.1, -0.05) is 44.6 Å². The van der Waals surface area contributed by atoms with Crippen LogP contribution >= 0.6 is 0 Å². The molecule has 58 valence electrons. The minimum Gasteiger partial charge on any atom is -0.0958 e. The second-order valence-corrected chi connectivity index (χ2v) is 2.88. The molecular weight excluding hydrogens is 120 g/mol. The highest BCUT2D eigenvalue weighted by molar-refractivity contribution is 5.13. The number of hydrogen-bond donors (Lipinski definition) is 0. The Labute approximate surface area is 64.6 Å². The number of hydrogen-bond acceptors (Lipinski definition) is 0. The summed E-state index contributed by atoms with van der Waals surface area (Å²) in [6, 6.07) is 0. The first-order valence-corrected chi connectivity index (χ1v) is 4.01. The van der Waals surface area contributed by atoms with Gasteiger partial charge in [-0.15, -0.1) is 0 Å². The summed E-state index contributed by atoms with van der Waals surface area (Å²) in [5.41, 5.74) is 1.25. The van der Waals surface area contributed by atoms with Gasteiger partial charge in [-0.05, 0) is 19.3 Å². The topological polar surface area (TPSA) is 0 Å². The molecule has 1 unspecified atom stereocenters. The van der Waals surface area contributed by atoms with E-state index in [-0.39, 0.29) is 0 Å². The van der Waals surface area contributed by atoms with Crippen LogP contribution in [-0.4, -0.2) is 0 Å². The van der Waals surface area contributed by atoms with Gasteiger partial charge in [-0.25, -0.2) is 0 Å². The quantitative estimate of drug-likeness (QED) is 0.521. The van der Waals surface area contributed by atoms with Crippen molar-refractivity contribution in [2.75, 3.05) is 0 Å². The van der Waals surface area contributed by atoms with Crippen molar-refractivity contribution in [2.45, 2.75) is 33.6 Å². The maximum absolute atomic E-state index is 3.95. The van der Waals surface area contributed by atoms with Gasteiger partial charge < -0.3 is 0 Å². The third-order valence-electron chi connectivity index (χ3n) is 1.71. The zero-order valence-electron chi connectivity index (χ0n) is 7.35. The Hall–Kier alpha value is -0.520. The highest BCUT2D eigenvalue weighted by atomic mass is 14.0. The average Bonchev–Trinajstić information content (AvgIpc) is 1.88. The van der Waals surface area contributed by atoms with E-state index in [4.69, 9.17) is 0 Å². The lowest BCUT2D eigenvalue weighted by molar-refractivity contribution is 0.563. The molecule has 10 heavy (non-hydrogen) atoms. The normalized spacial score (nSPS) is 13.9. The maximum Gasteiger partial charge on any atom is -0.0259 e. The average molecular weight is 138 g/mol. The monoisotopic (exact) mass is 138 g/mol. The van der Waals surface area contributed by atoms with E-state index in [0.717, 1.165) is 12.3 Å². The minimum atomic E-state index is 0.781. The molecule has 0 spiro atoms. The van der Waals surface area contributed by atoms with E-state index in [0.29, 0.717) is 0 Å². The van der Waals surface area contributed by atoms with Crippen LogP contribution in [0, 0.1) is 5.92 Å². The zero-order valence-corrected chi connectivity index (χ0v) is 7.35. The van der Waals surface area contributed by atoms with Gasteiger partial charge in [0.2, 0.25) is 0 Å². The van der Waals surface area contributed by atoms with Crippen molar-refractivity contribution in [3.05, 3.63) is 24.3 Å². The van der Waals surface area contributed by atoms with Crippen LogP contribution in [0.5, 0.6) is 0 Å². The Bertz CT molecular complexity index is 120. The molecule has 0 amide bonds. The fourth-order valence-electron chi connectivity index (χ4n) is 0.896. The Balaban J connectivity index is 3.57. The second kappa shape index (κ2) is 5.28. The van der Waals surface area contributed by atoms with Gasteiger partial charge in [0.15, 0.2) is 0 Å². The summed E-state index contributed by atoms with van der Waals surface area (Å²) in [4.78, 5) is 0. The highest BCUT2D eigenvalue weighted by Gasteiger charge is 1.97. The van der Waals surface area contributed by atoms with E-state index in [9.17, 15) is 0 Å². The summed E-state index contributed by atoms with van der Waals surface area (Å²) in [5.74, 6) is 0.781. The Morgan fingerprint density at radius 3 is 2.60 bits per heavy atom. The molecule has 0 heteroatoms. The molecule has 0 saturated carbocycles.